The molecule has 1 heterocycles. The lowest BCUT2D eigenvalue weighted by Crippen LogP contribution is -2.21. The van der Waals surface area contributed by atoms with Crippen molar-refractivity contribution in [3.05, 3.63) is 30.2 Å². The number of hydrogen-bond acceptors (Lipinski definition) is 2. The minimum atomic E-state index is 0.0776. The van der Waals surface area contributed by atoms with Crippen LogP contribution in [0.1, 0.15) is 58.8 Å². The number of nitrogens with zero attached hydrogens (tertiary/aromatic N) is 1. The van der Waals surface area contributed by atoms with Crippen LogP contribution in [0.5, 0.6) is 0 Å². The van der Waals surface area contributed by atoms with E-state index >= 15 is 0 Å². The van der Waals surface area contributed by atoms with Gasteiger partial charge in [0.2, 0.25) is 5.89 Å². The Kier molecular flexibility index (Phi) is 4.05. The number of fused-ring (bicyclic) bond motifs is 1. The maximum absolute atomic E-state index is 5.94. The molecule has 2 aromatic rings. The van der Waals surface area contributed by atoms with E-state index in [4.69, 9.17) is 4.42 Å². The first-order valence-electron chi connectivity index (χ1n) is 7.05. The Morgan fingerprint density at radius 1 is 1.17 bits per heavy atom. The largest absolute Gasteiger partial charge is 0.440 e. The highest BCUT2D eigenvalue weighted by Gasteiger charge is 2.29. The van der Waals surface area contributed by atoms with E-state index in [1.807, 2.05) is 24.3 Å². The predicted octanol–water partition coefficient (Wildman–Crippen LogP) is 5.08. The Labute approximate surface area is 109 Å². The zero-order chi connectivity index (χ0) is 13.0. The summed E-state index contributed by atoms with van der Waals surface area (Å²) in [5, 5.41) is 0. The summed E-state index contributed by atoms with van der Waals surface area (Å²) in [6.45, 7) is 6.73. The van der Waals surface area contributed by atoms with Crippen LogP contribution in [-0.2, 0) is 5.41 Å². The van der Waals surface area contributed by atoms with E-state index in [1.54, 1.807) is 0 Å². The molecule has 0 bridgehead atoms. The Morgan fingerprint density at radius 2 is 1.94 bits per heavy atom. The van der Waals surface area contributed by atoms with Crippen molar-refractivity contribution in [1.82, 2.24) is 4.98 Å². The van der Waals surface area contributed by atoms with Gasteiger partial charge in [0.1, 0.15) is 5.52 Å². The number of rotatable bonds is 6. The number of aromatic nitrogens is 1. The summed E-state index contributed by atoms with van der Waals surface area (Å²) in [6, 6.07) is 8.02. The fourth-order valence-corrected chi connectivity index (χ4v) is 2.33. The Morgan fingerprint density at radius 3 is 2.61 bits per heavy atom. The minimum Gasteiger partial charge on any atom is -0.440 e. The van der Waals surface area contributed by atoms with E-state index in [-0.39, 0.29) is 5.41 Å². The molecule has 0 radical (unpaired) electrons. The van der Waals surface area contributed by atoms with Crippen LogP contribution in [0, 0.1) is 0 Å². The van der Waals surface area contributed by atoms with Gasteiger partial charge in [-0.25, -0.2) is 4.98 Å². The molecule has 0 spiro atoms. The number of para-hydroxylation sites is 2. The molecule has 18 heavy (non-hydrogen) atoms. The zero-order valence-corrected chi connectivity index (χ0v) is 11.7. The maximum atomic E-state index is 5.94. The second kappa shape index (κ2) is 5.55. The van der Waals surface area contributed by atoms with Gasteiger partial charge >= 0.3 is 0 Å². The van der Waals surface area contributed by atoms with Gasteiger partial charge in [-0.15, -0.1) is 0 Å². The topological polar surface area (TPSA) is 26.0 Å². The van der Waals surface area contributed by atoms with Crippen molar-refractivity contribution < 1.29 is 4.42 Å². The molecule has 2 rings (SSSR count). The van der Waals surface area contributed by atoms with Crippen LogP contribution < -0.4 is 0 Å². The summed E-state index contributed by atoms with van der Waals surface area (Å²) in [5.74, 6) is 0.905. The highest BCUT2D eigenvalue weighted by molar-refractivity contribution is 5.72. The Balaban J connectivity index is 2.25. The zero-order valence-electron chi connectivity index (χ0n) is 11.7. The van der Waals surface area contributed by atoms with Crippen molar-refractivity contribution in [2.45, 2.75) is 58.3 Å². The number of oxazole rings is 1. The second-order valence-corrected chi connectivity index (χ2v) is 5.36. The van der Waals surface area contributed by atoms with Gasteiger partial charge in [0.15, 0.2) is 5.58 Å². The summed E-state index contributed by atoms with van der Waals surface area (Å²) in [5.41, 5.74) is 1.96. The van der Waals surface area contributed by atoms with Crippen LogP contribution in [0.3, 0.4) is 0 Å². The lowest BCUT2D eigenvalue weighted by Gasteiger charge is -2.24. The molecule has 0 N–H and O–H groups in total. The number of hydrogen-bond donors (Lipinski definition) is 0. The van der Waals surface area contributed by atoms with Gasteiger partial charge in [-0.3, -0.25) is 0 Å². The van der Waals surface area contributed by atoms with Gasteiger partial charge < -0.3 is 4.42 Å². The SMILES string of the molecule is CCCCCC(C)(CC)c1nc2ccccc2o1. The molecule has 0 fully saturated rings. The van der Waals surface area contributed by atoms with Crippen molar-refractivity contribution in [2.75, 3.05) is 0 Å². The highest BCUT2D eigenvalue weighted by Crippen LogP contribution is 2.34. The molecule has 1 aromatic heterocycles. The third-order valence-electron chi connectivity index (χ3n) is 3.92. The normalized spacial score (nSPS) is 14.8. The van der Waals surface area contributed by atoms with E-state index < -0.39 is 0 Å². The quantitative estimate of drug-likeness (QED) is 0.664. The van der Waals surface area contributed by atoms with E-state index in [2.05, 4.69) is 25.8 Å². The van der Waals surface area contributed by atoms with Crippen molar-refractivity contribution >= 4 is 11.1 Å². The monoisotopic (exact) mass is 245 g/mol. The van der Waals surface area contributed by atoms with Crippen molar-refractivity contribution in [3.63, 3.8) is 0 Å². The fraction of sp³-hybridized carbons (Fsp3) is 0.562. The van der Waals surface area contributed by atoms with Gasteiger partial charge in [-0.1, -0.05) is 52.2 Å². The standard InChI is InChI=1S/C16H23NO/c1-4-6-9-12-16(3,5-2)15-17-13-10-7-8-11-14(13)18-15/h7-8,10-11H,4-6,9,12H2,1-3H3. The number of benzene rings is 1. The molecule has 0 aliphatic heterocycles. The molecule has 2 heteroatoms. The smallest absolute Gasteiger partial charge is 0.201 e. The summed E-state index contributed by atoms with van der Waals surface area (Å²) >= 11 is 0. The predicted molar refractivity (Wildman–Crippen MR) is 75.8 cm³/mol. The molecule has 1 aromatic carbocycles. The Hall–Kier alpha value is -1.31. The lowest BCUT2D eigenvalue weighted by atomic mass is 9.82. The average Bonchev–Trinajstić information content (AvgIpc) is 2.83. The molecule has 0 aliphatic carbocycles. The van der Waals surface area contributed by atoms with Gasteiger partial charge in [-0.05, 0) is 25.0 Å². The van der Waals surface area contributed by atoms with Crippen molar-refractivity contribution in [1.29, 1.82) is 0 Å². The van der Waals surface area contributed by atoms with Gasteiger partial charge in [0.05, 0.1) is 0 Å². The molecule has 98 valence electrons. The van der Waals surface area contributed by atoms with Crippen molar-refractivity contribution in [3.8, 4) is 0 Å². The summed E-state index contributed by atoms with van der Waals surface area (Å²) in [6.07, 6.45) is 6.02. The molecule has 1 atom stereocenters. The maximum Gasteiger partial charge on any atom is 0.201 e. The average molecular weight is 245 g/mol. The lowest BCUT2D eigenvalue weighted by molar-refractivity contribution is 0.315. The highest BCUT2D eigenvalue weighted by atomic mass is 16.3. The summed E-state index contributed by atoms with van der Waals surface area (Å²) in [4.78, 5) is 4.67. The molecular weight excluding hydrogens is 222 g/mol. The van der Waals surface area contributed by atoms with Crippen LogP contribution in [0.25, 0.3) is 11.1 Å². The van der Waals surface area contributed by atoms with Crippen LogP contribution >= 0.6 is 0 Å². The van der Waals surface area contributed by atoms with Gasteiger partial charge in [-0.2, -0.15) is 0 Å². The van der Waals surface area contributed by atoms with Crippen LogP contribution in [0.2, 0.25) is 0 Å². The van der Waals surface area contributed by atoms with Gasteiger partial charge in [0.25, 0.3) is 0 Å². The Bertz CT molecular complexity index is 470. The molecule has 2 nitrogen and oxygen atoms in total. The summed E-state index contributed by atoms with van der Waals surface area (Å²) < 4.78 is 5.94. The van der Waals surface area contributed by atoms with Crippen LogP contribution in [0.15, 0.2) is 28.7 Å². The van der Waals surface area contributed by atoms with E-state index in [1.165, 1.54) is 19.3 Å². The molecular formula is C16H23NO. The van der Waals surface area contributed by atoms with Crippen LogP contribution in [-0.4, -0.2) is 4.98 Å². The number of unbranched alkanes of at least 4 members (excludes halogenated alkanes) is 2. The second-order valence-electron chi connectivity index (χ2n) is 5.36. The van der Waals surface area contributed by atoms with Crippen LogP contribution in [0.4, 0.5) is 0 Å². The third-order valence-corrected chi connectivity index (χ3v) is 3.92. The molecule has 1 unspecified atom stereocenters. The first-order valence-corrected chi connectivity index (χ1v) is 7.05. The fourth-order valence-electron chi connectivity index (χ4n) is 2.33. The molecule has 0 amide bonds. The van der Waals surface area contributed by atoms with E-state index in [9.17, 15) is 0 Å². The molecule has 0 saturated heterocycles. The van der Waals surface area contributed by atoms with E-state index in [0.717, 1.165) is 29.8 Å². The van der Waals surface area contributed by atoms with E-state index in [0.29, 0.717) is 0 Å². The molecule has 0 saturated carbocycles. The minimum absolute atomic E-state index is 0.0776. The first-order chi connectivity index (χ1) is 8.69. The third kappa shape index (κ3) is 2.58. The van der Waals surface area contributed by atoms with Gasteiger partial charge in [0, 0.05) is 5.41 Å². The van der Waals surface area contributed by atoms with Crippen molar-refractivity contribution in [2.24, 2.45) is 0 Å². The molecule has 0 aliphatic rings. The summed E-state index contributed by atoms with van der Waals surface area (Å²) in [7, 11) is 0. The first kappa shape index (κ1) is 13.1.